The van der Waals surface area contributed by atoms with Crippen molar-refractivity contribution < 1.29 is 5.11 Å². The molecular weight excluding hydrogens is 270 g/mol. The number of halogens is 1. The Morgan fingerprint density at radius 3 is 2.81 bits per heavy atom. The molecule has 1 heterocycles. The Labute approximate surface area is 101 Å². The maximum Gasteiger partial charge on any atom is 0.253 e. The molecule has 0 aliphatic heterocycles. The van der Waals surface area contributed by atoms with Crippen molar-refractivity contribution in [2.45, 2.75) is 13.0 Å². The fourth-order valence-electron chi connectivity index (χ4n) is 1.72. The summed E-state index contributed by atoms with van der Waals surface area (Å²) in [5.41, 5.74) is -0.155. The second-order valence-electron chi connectivity index (χ2n) is 3.59. The van der Waals surface area contributed by atoms with Gasteiger partial charge in [-0.15, -0.1) is 0 Å². The first-order valence-electron chi connectivity index (χ1n) is 5.11. The Hall–Kier alpha value is -1.29. The van der Waals surface area contributed by atoms with Crippen LogP contribution in [-0.2, 0) is 6.54 Å². The molecular formula is C12H12BrNO2. The molecule has 0 atom stereocenters. The molecule has 0 saturated heterocycles. The number of benzene rings is 1. The molecule has 0 aliphatic carbocycles. The number of fused-ring (bicyclic) bond motifs is 1. The molecule has 1 aromatic carbocycles. The van der Waals surface area contributed by atoms with Crippen molar-refractivity contribution in [1.29, 1.82) is 0 Å². The third-order valence-corrected chi connectivity index (χ3v) is 3.08. The van der Waals surface area contributed by atoms with Gasteiger partial charge in [0.15, 0.2) is 0 Å². The third kappa shape index (κ3) is 1.97. The van der Waals surface area contributed by atoms with Gasteiger partial charge in [0.05, 0.1) is 0 Å². The van der Waals surface area contributed by atoms with E-state index in [-0.39, 0.29) is 11.4 Å². The van der Waals surface area contributed by atoms with Gasteiger partial charge in [-0.1, -0.05) is 34.1 Å². The smallest absolute Gasteiger partial charge is 0.253 e. The van der Waals surface area contributed by atoms with E-state index in [0.717, 1.165) is 22.5 Å². The molecule has 0 aliphatic rings. The quantitative estimate of drug-likeness (QED) is 0.879. The molecule has 0 spiro atoms. The van der Waals surface area contributed by atoms with E-state index in [1.54, 1.807) is 6.07 Å². The number of pyridine rings is 1. The molecule has 0 amide bonds. The second-order valence-corrected chi connectivity index (χ2v) is 4.38. The van der Waals surface area contributed by atoms with Crippen molar-refractivity contribution in [3.8, 4) is 5.88 Å². The number of rotatable bonds is 3. The number of alkyl halides is 1. The first-order valence-corrected chi connectivity index (χ1v) is 6.23. The zero-order chi connectivity index (χ0) is 11.5. The van der Waals surface area contributed by atoms with Gasteiger partial charge in [0.25, 0.3) is 5.56 Å². The standard InChI is InChI=1S/C12H12BrNO2/c13-6-3-7-14-11(15)8-9-4-1-2-5-10(9)12(14)16/h1-2,4-5,8,16H,3,6-7H2. The predicted octanol–water partition coefficient (Wildman–Crippen LogP) is 2.49. The van der Waals surface area contributed by atoms with Crippen LogP contribution in [0, 0.1) is 0 Å². The van der Waals surface area contributed by atoms with E-state index >= 15 is 0 Å². The Balaban J connectivity index is 2.61. The van der Waals surface area contributed by atoms with E-state index in [0.29, 0.717) is 6.54 Å². The molecule has 0 bridgehead atoms. The maximum absolute atomic E-state index is 11.7. The number of hydrogen-bond donors (Lipinski definition) is 1. The number of nitrogens with zero attached hydrogens (tertiary/aromatic N) is 1. The summed E-state index contributed by atoms with van der Waals surface area (Å²) in [5.74, 6) is 0.0593. The fourth-order valence-corrected chi connectivity index (χ4v) is 1.97. The average molecular weight is 282 g/mol. The number of aromatic hydroxyl groups is 1. The van der Waals surface area contributed by atoms with E-state index < -0.39 is 0 Å². The molecule has 0 unspecified atom stereocenters. The first kappa shape index (κ1) is 11.2. The highest BCUT2D eigenvalue weighted by molar-refractivity contribution is 9.09. The molecule has 4 heteroatoms. The van der Waals surface area contributed by atoms with Crippen molar-refractivity contribution in [2.24, 2.45) is 0 Å². The van der Waals surface area contributed by atoms with Gasteiger partial charge in [-0.25, -0.2) is 0 Å². The Morgan fingerprint density at radius 1 is 1.31 bits per heavy atom. The van der Waals surface area contributed by atoms with Crippen molar-refractivity contribution >= 4 is 26.7 Å². The molecule has 1 N–H and O–H groups in total. The second kappa shape index (κ2) is 4.70. The van der Waals surface area contributed by atoms with E-state index in [4.69, 9.17) is 0 Å². The van der Waals surface area contributed by atoms with Gasteiger partial charge in [-0.3, -0.25) is 9.36 Å². The van der Waals surface area contributed by atoms with E-state index in [2.05, 4.69) is 15.9 Å². The van der Waals surface area contributed by atoms with Crippen LogP contribution in [0.25, 0.3) is 10.8 Å². The van der Waals surface area contributed by atoms with Gasteiger partial charge in [0.2, 0.25) is 5.88 Å². The van der Waals surface area contributed by atoms with Crippen LogP contribution in [0.4, 0.5) is 0 Å². The SMILES string of the molecule is O=c1cc2ccccc2c(O)n1CCCBr. The largest absolute Gasteiger partial charge is 0.494 e. The molecule has 2 rings (SSSR count). The summed E-state index contributed by atoms with van der Waals surface area (Å²) in [6.07, 6.45) is 0.811. The van der Waals surface area contributed by atoms with Crippen LogP contribution >= 0.6 is 15.9 Å². The highest BCUT2D eigenvalue weighted by Gasteiger charge is 2.07. The van der Waals surface area contributed by atoms with E-state index in [1.807, 2.05) is 24.3 Å². The Bertz CT molecular complexity index is 562. The molecule has 3 nitrogen and oxygen atoms in total. The lowest BCUT2D eigenvalue weighted by Gasteiger charge is -2.09. The molecule has 0 saturated carbocycles. The van der Waals surface area contributed by atoms with Crippen LogP contribution in [0.5, 0.6) is 5.88 Å². The molecule has 84 valence electrons. The van der Waals surface area contributed by atoms with Gasteiger partial charge in [0.1, 0.15) is 0 Å². The molecule has 16 heavy (non-hydrogen) atoms. The fraction of sp³-hybridized carbons (Fsp3) is 0.250. The van der Waals surface area contributed by atoms with Gasteiger partial charge in [0, 0.05) is 23.3 Å². The van der Waals surface area contributed by atoms with E-state index in [1.165, 1.54) is 4.57 Å². The van der Waals surface area contributed by atoms with Crippen LogP contribution < -0.4 is 5.56 Å². The maximum atomic E-state index is 11.7. The third-order valence-electron chi connectivity index (χ3n) is 2.52. The van der Waals surface area contributed by atoms with Gasteiger partial charge >= 0.3 is 0 Å². The first-order chi connectivity index (χ1) is 7.74. The molecule has 0 radical (unpaired) electrons. The van der Waals surface area contributed by atoms with Crippen molar-refractivity contribution in [3.05, 3.63) is 40.7 Å². The summed E-state index contributed by atoms with van der Waals surface area (Å²) in [4.78, 5) is 11.7. The summed E-state index contributed by atoms with van der Waals surface area (Å²) < 4.78 is 1.41. The summed E-state index contributed by atoms with van der Waals surface area (Å²) in [6, 6.07) is 8.90. The Kier molecular flexibility index (Phi) is 3.29. The lowest BCUT2D eigenvalue weighted by molar-refractivity contribution is 0.412. The number of aromatic nitrogens is 1. The topological polar surface area (TPSA) is 42.2 Å². The summed E-state index contributed by atoms with van der Waals surface area (Å²) in [5, 5.41) is 12.3. The van der Waals surface area contributed by atoms with E-state index in [9.17, 15) is 9.90 Å². The Morgan fingerprint density at radius 2 is 2.06 bits per heavy atom. The summed E-state index contributed by atoms with van der Waals surface area (Å²) in [6.45, 7) is 0.529. The molecule has 1 aromatic heterocycles. The minimum absolute atomic E-state index is 0.0593. The highest BCUT2D eigenvalue weighted by Crippen LogP contribution is 2.22. The van der Waals surface area contributed by atoms with Crippen molar-refractivity contribution in [1.82, 2.24) is 4.57 Å². The van der Waals surface area contributed by atoms with Crippen LogP contribution in [0.3, 0.4) is 0 Å². The monoisotopic (exact) mass is 281 g/mol. The molecule has 0 fully saturated rings. The van der Waals surface area contributed by atoms with Gasteiger partial charge in [-0.2, -0.15) is 0 Å². The summed E-state index contributed by atoms with van der Waals surface area (Å²) in [7, 11) is 0. The predicted molar refractivity (Wildman–Crippen MR) is 68.3 cm³/mol. The van der Waals surface area contributed by atoms with Gasteiger partial charge < -0.3 is 5.11 Å². The lowest BCUT2D eigenvalue weighted by Crippen LogP contribution is -2.19. The van der Waals surface area contributed by atoms with Crippen LogP contribution in [0.1, 0.15) is 6.42 Å². The van der Waals surface area contributed by atoms with Crippen molar-refractivity contribution in [2.75, 3.05) is 5.33 Å². The van der Waals surface area contributed by atoms with Gasteiger partial charge in [-0.05, 0) is 17.9 Å². The minimum atomic E-state index is -0.155. The number of hydrogen-bond acceptors (Lipinski definition) is 2. The normalized spacial score (nSPS) is 10.8. The van der Waals surface area contributed by atoms with Crippen LogP contribution in [-0.4, -0.2) is 15.0 Å². The zero-order valence-corrected chi connectivity index (χ0v) is 10.3. The lowest BCUT2D eigenvalue weighted by atomic mass is 10.1. The molecule has 2 aromatic rings. The minimum Gasteiger partial charge on any atom is -0.494 e. The highest BCUT2D eigenvalue weighted by atomic mass is 79.9. The summed E-state index contributed by atoms with van der Waals surface area (Å²) >= 11 is 3.31. The van der Waals surface area contributed by atoms with Crippen molar-refractivity contribution in [3.63, 3.8) is 0 Å². The van der Waals surface area contributed by atoms with Crippen LogP contribution in [0.15, 0.2) is 35.1 Å². The van der Waals surface area contributed by atoms with Crippen LogP contribution in [0.2, 0.25) is 0 Å². The zero-order valence-electron chi connectivity index (χ0n) is 8.69. The average Bonchev–Trinajstić information content (AvgIpc) is 2.29.